The smallest absolute Gasteiger partial charge is 0.325 e. The highest BCUT2D eigenvalue weighted by Crippen LogP contribution is 2.15. The summed E-state index contributed by atoms with van der Waals surface area (Å²) in [7, 11) is 1.52. The molecule has 0 saturated heterocycles. The highest BCUT2D eigenvalue weighted by Gasteiger charge is 2.16. The van der Waals surface area contributed by atoms with Gasteiger partial charge in [0.2, 0.25) is 5.91 Å². The van der Waals surface area contributed by atoms with E-state index in [1.165, 1.54) is 17.8 Å². The molecule has 8 heteroatoms. The number of anilines is 1. The van der Waals surface area contributed by atoms with E-state index in [2.05, 4.69) is 15.3 Å². The van der Waals surface area contributed by atoms with Crippen molar-refractivity contribution in [2.24, 2.45) is 7.05 Å². The van der Waals surface area contributed by atoms with Crippen LogP contribution in [-0.2, 0) is 24.8 Å². The fourth-order valence-corrected chi connectivity index (χ4v) is 3.32. The van der Waals surface area contributed by atoms with Gasteiger partial charge in [0.1, 0.15) is 11.9 Å². The van der Waals surface area contributed by atoms with E-state index in [4.69, 9.17) is 0 Å². The van der Waals surface area contributed by atoms with Crippen molar-refractivity contribution in [1.29, 1.82) is 0 Å². The number of rotatable bonds is 5. The molecule has 0 saturated carbocycles. The molecule has 0 spiro atoms. The molecule has 0 radical (unpaired) electrons. The quantitative estimate of drug-likeness (QED) is 0.540. The first-order valence-electron chi connectivity index (χ1n) is 9.88. The average molecular weight is 415 g/mol. The fraction of sp³-hybridized carbons (Fsp3) is 0.174. The number of nitrogens with one attached hydrogen (secondary N) is 1. The van der Waals surface area contributed by atoms with Crippen molar-refractivity contribution in [3.05, 3.63) is 87.2 Å². The molecule has 1 N–H and O–H groups in total. The molecule has 2 heterocycles. The van der Waals surface area contributed by atoms with E-state index < -0.39 is 23.7 Å². The lowest BCUT2D eigenvalue weighted by atomic mass is 10.1. The van der Waals surface area contributed by atoms with Gasteiger partial charge in [0.25, 0.3) is 5.56 Å². The molecule has 0 bridgehead atoms. The largest absolute Gasteiger partial charge is 0.332 e. The number of nitrogens with zero attached hydrogens (tertiary/aromatic N) is 4. The Bertz CT molecular complexity index is 1370. The lowest BCUT2D eigenvalue weighted by Crippen LogP contribution is -2.42. The highest BCUT2D eigenvalue weighted by atomic mass is 16.2. The van der Waals surface area contributed by atoms with Crippen LogP contribution in [-0.4, -0.2) is 25.0 Å². The molecule has 4 aromatic rings. The van der Waals surface area contributed by atoms with Gasteiger partial charge in [-0.05, 0) is 24.1 Å². The van der Waals surface area contributed by atoms with Crippen LogP contribution in [0.5, 0.6) is 0 Å². The second-order valence-electron chi connectivity index (χ2n) is 7.13. The summed E-state index contributed by atoms with van der Waals surface area (Å²) in [6, 6.07) is 16.7. The zero-order valence-electron chi connectivity index (χ0n) is 17.2. The molecular formula is C23H21N5O3. The zero-order valence-corrected chi connectivity index (χ0v) is 17.2. The molecule has 156 valence electrons. The van der Waals surface area contributed by atoms with E-state index in [9.17, 15) is 14.4 Å². The first-order valence-corrected chi connectivity index (χ1v) is 9.88. The van der Waals surface area contributed by atoms with Crippen molar-refractivity contribution in [2.75, 3.05) is 5.32 Å². The van der Waals surface area contributed by atoms with Crippen LogP contribution in [0.25, 0.3) is 22.4 Å². The minimum absolute atomic E-state index is 0.168. The Balaban J connectivity index is 1.67. The van der Waals surface area contributed by atoms with Gasteiger partial charge in [0.15, 0.2) is 11.5 Å². The predicted molar refractivity (Wildman–Crippen MR) is 119 cm³/mol. The van der Waals surface area contributed by atoms with Gasteiger partial charge in [-0.3, -0.25) is 18.7 Å². The summed E-state index contributed by atoms with van der Waals surface area (Å²) in [6.07, 6.45) is 2.29. The summed E-state index contributed by atoms with van der Waals surface area (Å²) >= 11 is 0. The Morgan fingerprint density at radius 2 is 1.74 bits per heavy atom. The minimum Gasteiger partial charge on any atom is -0.325 e. The van der Waals surface area contributed by atoms with Crippen LogP contribution in [0.4, 0.5) is 5.69 Å². The first kappa shape index (κ1) is 20.2. The molecule has 0 fully saturated rings. The SMILES string of the molecule is CCc1ccc(NC(=O)Cn2c(=O)c3cnc(-c4ccccc4)nc3n(C)c2=O)cc1. The number of carbonyl (C=O) groups excluding carboxylic acids is 1. The Kier molecular flexibility index (Phi) is 5.44. The van der Waals surface area contributed by atoms with Crippen LogP contribution < -0.4 is 16.6 Å². The number of amides is 1. The van der Waals surface area contributed by atoms with Crippen molar-refractivity contribution in [2.45, 2.75) is 19.9 Å². The Morgan fingerprint density at radius 1 is 1.03 bits per heavy atom. The maximum Gasteiger partial charge on any atom is 0.332 e. The Labute approximate surface area is 177 Å². The second kappa shape index (κ2) is 8.35. The minimum atomic E-state index is -0.619. The molecule has 0 atom stereocenters. The fourth-order valence-electron chi connectivity index (χ4n) is 3.32. The molecule has 31 heavy (non-hydrogen) atoms. The van der Waals surface area contributed by atoms with E-state index in [0.29, 0.717) is 11.5 Å². The lowest BCUT2D eigenvalue weighted by molar-refractivity contribution is -0.116. The molecule has 0 unspecified atom stereocenters. The van der Waals surface area contributed by atoms with Gasteiger partial charge >= 0.3 is 5.69 Å². The Morgan fingerprint density at radius 3 is 2.42 bits per heavy atom. The topological polar surface area (TPSA) is 98.9 Å². The van der Waals surface area contributed by atoms with Crippen molar-refractivity contribution >= 4 is 22.6 Å². The van der Waals surface area contributed by atoms with Crippen molar-refractivity contribution in [1.82, 2.24) is 19.1 Å². The summed E-state index contributed by atoms with van der Waals surface area (Å²) in [5.74, 6) is -0.0573. The van der Waals surface area contributed by atoms with Gasteiger partial charge in [0, 0.05) is 24.5 Å². The van der Waals surface area contributed by atoms with Gasteiger partial charge in [-0.1, -0.05) is 49.4 Å². The van der Waals surface area contributed by atoms with Crippen molar-refractivity contribution in [3.63, 3.8) is 0 Å². The van der Waals surface area contributed by atoms with Crippen LogP contribution in [0.15, 0.2) is 70.4 Å². The van der Waals surface area contributed by atoms with E-state index in [1.54, 1.807) is 12.1 Å². The average Bonchev–Trinajstić information content (AvgIpc) is 2.81. The van der Waals surface area contributed by atoms with E-state index in [1.807, 2.05) is 49.4 Å². The van der Waals surface area contributed by atoms with Crippen LogP contribution in [0.1, 0.15) is 12.5 Å². The highest BCUT2D eigenvalue weighted by molar-refractivity contribution is 5.90. The van der Waals surface area contributed by atoms with Gasteiger partial charge < -0.3 is 5.32 Å². The van der Waals surface area contributed by atoms with Crippen LogP contribution in [0.3, 0.4) is 0 Å². The zero-order chi connectivity index (χ0) is 22.0. The number of fused-ring (bicyclic) bond motifs is 1. The van der Waals surface area contributed by atoms with Crippen molar-refractivity contribution in [3.8, 4) is 11.4 Å². The number of aryl methyl sites for hydroxylation is 2. The summed E-state index contributed by atoms with van der Waals surface area (Å²) in [5, 5.41) is 2.88. The number of hydrogen-bond acceptors (Lipinski definition) is 5. The number of benzene rings is 2. The molecule has 0 aliphatic rings. The molecule has 4 rings (SSSR count). The predicted octanol–water partition coefficient (Wildman–Crippen LogP) is 2.36. The van der Waals surface area contributed by atoms with E-state index in [0.717, 1.165) is 22.1 Å². The van der Waals surface area contributed by atoms with Crippen LogP contribution in [0, 0.1) is 0 Å². The van der Waals surface area contributed by atoms with Crippen LogP contribution >= 0.6 is 0 Å². The number of hydrogen-bond donors (Lipinski definition) is 1. The summed E-state index contributed by atoms with van der Waals surface area (Å²) < 4.78 is 2.15. The third-order valence-corrected chi connectivity index (χ3v) is 5.06. The van der Waals surface area contributed by atoms with Crippen molar-refractivity contribution < 1.29 is 4.79 Å². The third-order valence-electron chi connectivity index (χ3n) is 5.06. The number of aromatic nitrogens is 4. The summed E-state index contributed by atoms with van der Waals surface area (Å²) in [6.45, 7) is 1.64. The maximum absolute atomic E-state index is 12.9. The van der Waals surface area contributed by atoms with Gasteiger partial charge in [-0.15, -0.1) is 0 Å². The molecule has 0 aliphatic carbocycles. The molecule has 2 aromatic carbocycles. The summed E-state index contributed by atoms with van der Waals surface area (Å²) in [4.78, 5) is 46.9. The molecule has 2 aromatic heterocycles. The summed E-state index contributed by atoms with van der Waals surface area (Å²) in [5.41, 5.74) is 1.52. The maximum atomic E-state index is 12.9. The standard InChI is InChI=1S/C23H21N5O3/c1-3-15-9-11-17(12-10-15)25-19(29)14-28-22(30)18-13-24-20(16-7-5-4-6-8-16)26-21(18)27(2)23(28)31/h4-13H,3,14H2,1-2H3,(H,25,29). The first-order chi connectivity index (χ1) is 15.0. The van der Waals surface area contributed by atoms with E-state index in [-0.39, 0.29) is 11.0 Å². The van der Waals surface area contributed by atoms with Crippen LogP contribution in [0.2, 0.25) is 0 Å². The third kappa shape index (κ3) is 4.00. The molecule has 0 aliphatic heterocycles. The lowest BCUT2D eigenvalue weighted by Gasteiger charge is -2.11. The molecule has 8 nitrogen and oxygen atoms in total. The number of carbonyl (C=O) groups is 1. The van der Waals surface area contributed by atoms with Gasteiger partial charge in [-0.25, -0.2) is 14.8 Å². The van der Waals surface area contributed by atoms with Gasteiger partial charge in [0.05, 0.1) is 0 Å². The second-order valence-corrected chi connectivity index (χ2v) is 7.13. The molecule has 1 amide bonds. The Hall–Kier alpha value is -4.07. The van der Waals surface area contributed by atoms with Gasteiger partial charge in [-0.2, -0.15) is 0 Å². The van der Waals surface area contributed by atoms with E-state index >= 15 is 0 Å². The molecular weight excluding hydrogens is 394 g/mol. The normalized spacial score (nSPS) is 10.9. The monoisotopic (exact) mass is 415 g/mol.